The molecule has 0 atom stereocenters. The third-order valence-electron chi connectivity index (χ3n) is 3.64. The molecule has 0 aliphatic heterocycles. The quantitative estimate of drug-likeness (QED) is 0.438. The number of fused-ring (bicyclic) bond motifs is 1. The van der Waals surface area contributed by atoms with E-state index in [0.717, 1.165) is 4.47 Å². The molecule has 0 fully saturated rings. The standard InChI is InChI=1S/C19H13BrClN3O3/c1-2-8-24-16-7-6-12(20)9-15(16)18(19(24)26)23-22-17(25)11-27-14-5-3-4-13(21)10-14/h1,3-7,9-10,26H,8,11H2. The van der Waals surface area contributed by atoms with Crippen molar-refractivity contribution in [2.75, 3.05) is 6.61 Å². The van der Waals surface area contributed by atoms with Crippen LogP contribution in [0.3, 0.4) is 0 Å². The second kappa shape index (κ2) is 8.25. The Balaban J connectivity index is 1.83. The molecule has 3 aromatic rings. The average Bonchev–Trinajstić information content (AvgIpc) is 2.89. The van der Waals surface area contributed by atoms with Gasteiger partial charge in [-0.05, 0) is 36.4 Å². The molecule has 136 valence electrons. The van der Waals surface area contributed by atoms with E-state index in [0.29, 0.717) is 21.7 Å². The fourth-order valence-electron chi connectivity index (χ4n) is 2.48. The Morgan fingerprint density at radius 2 is 2.15 bits per heavy atom. The Morgan fingerprint density at radius 3 is 2.89 bits per heavy atom. The molecule has 3 rings (SSSR count). The van der Waals surface area contributed by atoms with Gasteiger partial charge in [0.2, 0.25) is 5.88 Å². The molecule has 0 aliphatic carbocycles. The summed E-state index contributed by atoms with van der Waals surface area (Å²) in [6.45, 7) is -0.150. The number of aromatic nitrogens is 1. The van der Waals surface area contributed by atoms with Crippen molar-refractivity contribution >= 4 is 50.0 Å². The Labute approximate surface area is 168 Å². The van der Waals surface area contributed by atoms with Crippen molar-refractivity contribution in [3.63, 3.8) is 0 Å². The number of carbonyl (C=O) groups is 1. The normalized spacial score (nSPS) is 11.0. The van der Waals surface area contributed by atoms with Crippen molar-refractivity contribution in [3.8, 4) is 24.0 Å². The minimum absolute atomic E-state index is 0.158. The Bertz CT molecular complexity index is 1090. The number of amides is 1. The lowest BCUT2D eigenvalue weighted by Crippen LogP contribution is -2.07. The average molecular weight is 447 g/mol. The van der Waals surface area contributed by atoms with E-state index < -0.39 is 5.91 Å². The van der Waals surface area contributed by atoms with Crippen LogP contribution in [0.15, 0.2) is 57.2 Å². The van der Waals surface area contributed by atoms with Crippen molar-refractivity contribution in [3.05, 3.63) is 52.0 Å². The summed E-state index contributed by atoms with van der Waals surface area (Å²) in [6, 6.07) is 12.0. The summed E-state index contributed by atoms with van der Waals surface area (Å²) >= 11 is 9.23. The molecule has 1 amide bonds. The molecule has 8 heteroatoms. The van der Waals surface area contributed by atoms with Gasteiger partial charge in [0.25, 0.3) is 0 Å². The van der Waals surface area contributed by atoms with Crippen molar-refractivity contribution in [2.24, 2.45) is 10.2 Å². The number of aromatic hydroxyl groups is 1. The van der Waals surface area contributed by atoms with Crippen LogP contribution in [0.2, 0.25) is 5.02 Å². The molecule has 1 aromatic heterocycles. The predicted octanol–water partition coefficient (Wildman–Crippen LogP) is 5.09. The van der Waals surface area contributed by atoms with Crippen LogP contribution in [0, 0.1) is 12.3 Å². The molecule has 1 N–H and O–H groups in total. The van der Waals surface area contributed by atoms with Gasteiger partial charge in [0.15, 0.2) is 12.3 Å². The van der Waals surface area contributed by atoms with E-state index in [1.807, 2.05) is 6.07 Å². The molecule has 0 saturated heterocycles. The first-order chi connectivity index (χ1) is 13.0. The monoisotopic (exact) mass is 445 g/mol. The van der Waals surface area contributed by atoms with Gasteiger partial charge >= 0.3 is 5.91 Å². The van der Waals surface area contributed by atoms with Gasteiger partial charge in [-0.15, -0.1) is 16.7 Å². The summed E-state index contributed by atoms with van der Waals surface area (Å²) in [5.41, 5.74) is 0.850. The summed E-state index contributed by atoms with van der Waals surface area (Å²) in [4.78, 5) is 12.0. The van der Waals surface area contributed by atoms with Gasteiger partial charge < -0.3 is 9.84 Å². The number of benzene rings is 2. The highest BCUT2D eigenvalue weighted by Crippen LogP contribution is 2.39. The zero-order valence-electron chi connectivity index (χ0n) is 13.9. The van der Waals surface area contributed by atoms with Gasteiger partial charge in [0, 0.05) is 14.9 Å². The fourth-order valence-corrected chi connectivity index (χ4v) is 3.02. The summed E-state index contributed by atoms with van der Waals surface area (Å²) < 4.78 is 7.64. The third kappa shape index (κ3) is 4.30. The molecule has 0 radical (unpaired) electrons. The van der Waals surface area contributed by atoms with E-state index in [1.54, 1.807) is 36.4 Å². The lowest BCUT2D eigenvalue weighted by molar-refractivity contribution is -0.120. The number of nitrogens with zero attached hydrogens (tertiary/aromatic N) is 3. The molecule has 0 spiro atoms. The van der Waals surface area contributed by atoms with Crippen molar-refractivity contribution in [2.45, 2.75) is 6.54 Å². The molecular weight excluding hydrogens is 434 g/mol. The first-order valence-corrected chi connectivity index (χ1v) is 8.94. The molecule has 27 heavy (non-hydrogen) atoms. The van der Waals surface area contributed by atoms with Crippen molar-refractivity contribution in [1.29, 1.82) is 0 Å². The van der Waals surface area contributed by atoms with Gasteiger partial charge in [-0.2, -0.15) is 0 Å². The summed E-state index contributed by atoms with van der Waals surface area (Å²) in [6.07, 6.45) is 5.36. The maximum atomic E-state index is 12.0. The van der Waals surface area contributed by atoms with Gasteiger partial charge in [-0.1, -0.05) is 39.5 Å². The van der Waals surface area contributed by atoms with E-state index in [9.17, 15) is 9.90 Å². The number of carbonyl (C=O) groups excluding carboxylic acids is 1. The number of hydrogen-bond donors (Lipinski definition) is 1. The van der Waals surface area contributed by atoms with Gasteiger partial charge in [0.1, 0.15) is 5.75 Å². The SMILES string of the molecule is C#CCn1c(O)c(N=NC(=O)COc2cccc(Cl)c2)c2cc(Br)ccc21. The maximum absolute atomic E-state index is 12.0. The zero-order chi connectivity index (χ0) is 19.4. The highest BCUT2D eigenvalue weighted by molar-refractivity contribution is 9.10. The number of terminal acetylenes is 1. The number of ether oxygens (including phenoxy) is 1. The topological polar surface area (TPSA) is 76.2 Å². The molecule has 0 unspecified atom stereocenters. The lowest BCUT2D eigenvalue weighted by Gasteiger charge is -2.02. The summed E-state index contributed by atoms with van der Waals surface area (Å²) in [5.74, 6) is 2.15. The molecule has 1 heterocycles. The largest absolute Gasteiger partial charge is 0.493 e. The molecule has 6 nitrogen and oxygen atoms in total. The van der Waals surface area contributed by atoms with E-state index in [4.69, 9.17) is 22.8 Å². The second-order valence-electron chi connectivity index (χ2n) is 5.46. The third-order valence-corrected chi connectivity index (χ3v) is 4.37. The Hall–Kier alpha value is -2.82. The van der Waals surface area contributed by atoms with Crippen LogP contribution in [0.25, 0.3) is 10.9 Å². The lowest BCUT2D eigenvalue weighted by atomic mass is 10.2. The van der Waals surface area contributed by atoms with Crippen LogP contribution in [-0.4, -0.2) is 22.2 Å². The number of hydrogen-bond acceptors (Lipinski definition) is 4. The minimum atomic E-state index is -0.609. The Morgan fingerprint density at radius 1 is 1.33 bits per heavy atom. The number of rotatable bonds is 5. The molecule has 0 aliphatic rings. The van der Waals surface area contributed by atoms with Crippen LogP contribution < -0.4 is 4.74 Å². The van der Waals surface area contributed by atoms with Crippen LogP contribution in [-0.2, 0) is 11.3 Å². The van der Waals surface area contributed by atoms with E-state index >= 15 is 0 Å². The maximum Gasteiger partial charge on any atom is 0.302 e. The summed E-state index contributed by atoms with van der Waals surface area (Å²) in [5, 5.41) is 19.1. The highest BCUT2D eigenvalue weighted by Gasteiger charge is 2.17. The first kappa shape index (κ1) is 19.0. The second-order valence-corrected chi connectivity index (χ2v) is 6.82. The fraction of sp³-hybridized carbons (Fsp3) is 0.105. The van der Waals surface area contributed by atoms with Crippen LogP contribution in [0.5, 0.6) is 11.6 Å². The van der Waals surface area contributed by atoms with E-state index in [2.05, 4.69) is 32.1 Å². The van der Waals surface area contributed by atoms with Crippen molar-refractivity contribution < 1.29 is 14.6 Å². The Kier molecular flexibility index (Phi) is 5.79. The van der Waals surface area contributed by atoms with E-state index in [1.165, 1.54) is 4.57 Å². The molecule has 0 bridgehead atoms. The molecule has 0 saturated carbocycles. The van der Waals surface area contributed by atoms with Gasteiger partial charge in [-0.3, -0.25) is 9.36 Å². The predicted molar refractivity (Wildman–Crippen MR) is 107 cm³/mol. The smallest absolute Gasteiger partial charge is 0.302 e. The van der Waals surface area contributed by atoms with Crippen LogP contribution in [0.4, 0.5) is 5.69 Å². The summed E-state index contributed by atoms with van der Waals surface area (Å²) in [7, 11) is 0. The number of azo groups is 1. The van der Waals surface area contributed by atoms with E-state index in [-0.39, 0.29) is 24.7 Å². The molecule has 2 aromatic carbocycles. The highest BCUT2D eigenvalue weighted by atomic mass is 79.9. The molecular formula is C19H13BrClN3O3. The minimum Gasteiger partial charge on any atom is -0.493 e. The zero-order valence-corrected chi connectivity index (χ0v) is 16.2. The number of halogens is 2. The van der Waals surface area contributed by atoms with Crippen molar-refractivity contribution in [1.82, 2.24) is 4.57 Å². The van der Waals surface area contributed by atoms with Gasteiger partial charge in [-0.25, -0.2) is 0 Å². The first-order valence-electron chi connectivity index (χ1n) is 7.76. The van der Waals surface area contributed by atoms with Gasteiger partial charge in [0.05, 0.1) is 12.1 Å². The van der Waals surface area contributed by atoms with Crippen LogP contribution >= 0.6 is 27.5 Å². The van der Waals surface area contributed by atoms with Crippen LogP contribution in [0.1, 0.15) is 0 Å².